The van der Waals surface area contributed by atoms with Gasteiger partial charge >= 0.3 is 6.09 Å². The lowest BCUT2D eigenvalue weighted by atomic mass is 9.89. The fourth-order valence-electron chi connectivity index (χ4n) is 2.61. The van der Waals surface area contributed by atoms with Crippen LogP contribution in [-0.4, -0.2) is 35.7 Å². The summed E-state index contributed by atoms with van der Waals surface area (Å²) in [5.41, 5.74) is 0.0840. The molecule has 1 amide bonds. The van der Waals surface area contributed by atoms with E-state index in [-0.39, 0.29) is 13.1 Å². The molecule has 5 nitrogen and oxygen atoms in total. The fraction of sp³-hybridized carbons (Fsp3) is 0.500. The third-order valence-corrected chi connectivity index (χ3v) is 3.92. The Balaban J connectivity index is 2.22. The van der Waals surface area contributed by atoms with E-state index >= 15 is 0 Å². The lowest BCUT2D eigenvalue weighted by Crippen LogP contribution is -2.38. The first-order valence-electron chi connectivity index (χ1n) is 7.12. The number of likely N-dealkylation sites (tertiary alicyclic amines) is 1. The van der Waals surface area contributed by atoms with Gasteiger partial charge in [-0.25, -0.2) is 4.79 Å². The van der Waals surface area contributed by atoms with Crippen LogP contribution >= 0.6 is 11.6 Å². The van der Waals surface area contributed by atoms with E-state index in [1.807, 2.05) is 0 Å². The minimum Gasteiger partial charge on any atom is -0.550 e. The largest absolute Gasteiger partial charge is 0.550 e. The second kappa shape index (κ2) is 6.16. The van der Waals surface area contributed by atoms with Crippen LogP contribution < -0.4 is 5.11 Å². The highest BCUT2D eigenvalue weighted by atomic mass is 35.5. The quantitative estimate of drug-likeness (QED) is 0.834. The van der Waals surface area contributed by atoms with Crippen LogP contribution in [0.25, 0.3) is 0 Å². The number of halogens is 1. The SMILES string of the molecule is CC(C)(C)OC(=O)N1C[C@@H](C(=O)[O-])[C@H](c2ccccc2Cl)C1. The number of carbonyl (C=O) groups is 2. The molecule has 0 aliphatic carbocycles. The van der Waals surface area contributed by atoms with E-state index in [2.05, 4.69) is 0 Å². The maximum absolute atomic E-state index is 12.1. The summed E-state index contributed by atoms with van der Waals surface area (Å²) in [7, 11) is 0. The van der Waals surface area contributed by atoms with Gasteiger partial charge < -0.3 is 19.5 Å². The number of carboxylic acid groups (broad SMARTS) is 1. The summed E-state index contributed by atoms with van der Waals surface area (Å²) in [6.07, 6.45) is -0.520. The van der Waals surface area contributed by atoms with Crippen molar-refractivity contribution in [1.82, 2.24) is 4.90 Å². The average molecular weight is 325 g/mol. The van der Waals surface area contributed by atoms with E-state index in [0.29, 0.717) is 10.6 Å². The van der Waals surface area contributed by atoms with Gasteiger partial charge in [-0.2, -0.15) is 0 Å². The van der Waals surface area contributed by atoms with Crippen molar-refractivity contribution in [2.75, 3.05) is 13.1 Å². The number of benzene rings is 1. The molecule has 120 valence electrons. The van der Waals surface area contributed by atoms with Crippen LogP contribution in [0.3, 0.4) is 0 Å². The number of carbonyl (C=O) groups excluding carboxylic acids is 2. The normalized spacial score (nSPS) is 21.7. The Bertz CT molecular complexity index is 582. The van der Waals surface area contributed by atoms with Gasteiger partial charge in [0.15, 0.2) is 0 Å². The first-order valence-corrected chi connectivity index (χ1v) is 7.50. The highest BCUT2D eigenvalue weighted by molar-refractivity contribution is 6.31. The van der Waals surface area contributed by atoms with E-state index < -0.39 is 29.5 Å². The van der Waals surface area contributed by atoms with Gasteiger partial charge in [0.25, 0.3) is 0 Å². The number of carboxylic acids is 1. The van der Waals surface area contributed by atoms with Gasteiger partial charge in [0.1, 0.15) is 5.60 Å². The molecule has 2 atom stereocenters. The topological polar surface area (TPSA) is 69.7 Å². The zero-order chi connectivity index (χ0) is 16.5. The van der Waals surface area contributed by atoms with Gasteiger partial charge in [-0.15, -0.1) is 0 Å². The molecule has 1 aromatic carbocycles. The molecule has 0 saturated carbocycles. The number of hydrogen-bond acceptors (Lipinski definition) is 4. The summed E-state index contributed by atoms with van der Waals surface area (Å²) < 4.78 is 5.30. The van der Waals surface area contributed by atoms with Crippen molar-refractivity contribution in [2.45, 2.75) is 32.3 Å². The molecule has 2 rings (SSSR count). The Labute approximate surface area is 134 Å². The summed E-state index contributed by atoms with van der Waals surface area (Å²) in [4.78, 5) is 25.0. The van der Waals surface area contributed by atoms with Crippen LogP contribution in [0.4, 0.5) is 4.79 Å². The van der Waals surface area contributed by atoms with Gasteiger partial charge in [0.2, 0.25) is 0 Å². The summed E-state index contributed by atoms with van der Waals surface area (Å²) in [6, 6.07) is 7.06. The number of aliphatic carboxylic acids is 1. The van der Waals surface area contributed by atoms with E-state index in [1.54, 1.807) is 45.0 Å². The van der Waals surface area contributed by atoms with E-state index in [9.17, 15) is 14.7 Å². The molecule has 1 aliphatic rings. The van der Waals surface area contributed by atoms with Crippen LogP contribution in [0, 0.1) is 5.92 Å². The predicted molar refractivity (Wildman–Crippen MR) is 80.5 cm³/mol. The third-order valence-electron chi connectivity index (χ3n) is 3.58. The van der Waals surface area contributed by atoms with Crippen molar-refractivity contribution in [2.24, 2.45) is 5.92 Å². The molecule has 0 bridgehead atoms. The molecule has 0 N–H and O–H groups in total. The number of amides is 1. The molecule has 22 heavy (non-hydrogen) atoms. The van der Waals surface area contributed by atoms with Gasteiger partial charge in [0.05, 0.1) is 0 Å². The number of hydrogen-bond donors (Lipinski definition) is 0. The van der Waals surface area contributed by atoms with Crippen LogP contribution in [0.15, 0.2) is 24.3 Å². The molecule has 0 spiro atoms. The summed E-state index contributed by atoms with van der Waals surface area (Å²) in [5, 5.41) is 11.9. The molecule has 0 radical (unpaired) electrons. The van der Waals surface area contributed by atoms with Crippen molar-refractivity contribution in [3.8, 4) is 0 Å². The van der Waals surface area contributed by atoms with Crippen LogP contribution in [0.5, 0.6) is 0 Å². The van der Waals surface area contributed by atoms with Crippen molar-refractivity contribution in [3.05, 3.63) is 34.9 Å². The minimum atomic E-state index is -1.18. The number of ether oxygens (including phenoxy) is 1. The van der Waals surface area contributed by atoms with Crippen molar-refractivity contribution < 1.29 is 19.4 Å². The fourth-order valence-corrected chi connectivity index (χ4v) is 2.89. The van der Waals surface area contributed by atoms with E-state index in [0.717, 1.165) is 0 Å². The molecule has 1 heterocycles. The maximum atomic E-state index is 12.1. The molecule has 1 aliphatic heterocycles. The zero-order valence-corrected chi connectivity index (χ0v) is 13.6. The van der Waals surface area contributed by atoms with Crippen molar-refractivity contribution >= 4 is 23.7 Å². The summed E-state index contributed by atoms with van der Waals surface area (Å²) in [6.45, 7) is 5.61. The molecule has 1 fully saturated rings. The standard InChI is InChI=1S/C16H20ClNO4/c1-16(2,3)22-15(21)18-8-11(12(9-18)14(19)20)10-6-4-5-7-13(10)17/h4-7,11-12H,8-9H2,1-3H3,(H,19,20)/p-1/t11-,12+/m0/s1. The monoisotopic (exact) mass is 324 g/mol. The molecule has 1 saturated heterocycles. The van der Waals surface area contributed by atoms with Crippen LogP contribution in [0.1, 0.15) is 32.3 Å². The Morgan fingerprint density at radius 3 is 2.45 bits per heavy atom. The highest BCUT2D eigenvalue weighted by Gasteiger charge is 2.39. The smallest absolute Gasteiger partial charge is 0.410 e. The van der Waals surface area contributed by atoms with E-state index in [4.69, 9.17) is 16.3 Å². The Morgan fingerprint density at radius 1 is 1.27 bits per heavy atom. The molecule has 0 aromatic heterocycles. The van der Waals surface area contributed by atoms with E-state index in [1.165, 1.54) is 4.90 Å². The van der Waals surface area contributed by atoms with Gasteiger partial charge in [-0.05, 0) is 32.4 Å². The van der Waals surface area contributed by atoms with Crippen molar-refractivity contribution in [3.63, 3.8) is 0 Å². The highest BCUT2D eigenvalue weighted by Crippen LogP contribution is 2.36. The lowest BCUT2D eigenvalue weighted by Gasteiger charge is -2.24. The predicted octanol–water partition coefficient (Wildman–Crippen LogP) is 2.04. The third kappa shape index (κ3) is 3.71. The zero-order valence-electron chi connectivity index (χ0n) is 12.8. The second-order valence-corrected chi connectivity index (χ2v) is 6.85. The molecular weight excluding hydrogens is 306 g/mol. The number of rotatable bonds is 2. The summed E-state index contributed by atoms with van der Waals surface area (Å²) >= 11 is 6.16. The Morgan fingerprint density at radius 2 is 1.91 bits per heavy atom. The molecule has 0 unspecified atom stereocenters. The average Bonchev–Trinajstić information content (AvgIpc) is 2.82. The maximum Gasteiger partial charge on any atom is 0.410 e. The summed E-state index contributed by atoms with van der Waals surface area (Å²) in [5.74, 6) is -2.38. The first kappa shape index (κ1) is 16.6. The molecule has 1 aromatic rings. The van der Waals surface area contributed by atoms with Gasteiger partial charge in [-0.3, -0.25) is 0 Å². The van der Waals surface area contributed by atoms with Crippen LogP contribution in [-0.2, 0) is 9.53 Å². The Hall–Kier alpha value is -1.75. The van der Waals surface area contributed by atoms with Gasteiger partial charge in [-0.1, -0.05) is 29.8 Å². The van der Waals surface area contributed by atoms with Crippen LogP contribution in [0.2, 0.25) is 5.02 Å². The second-order valence-electron chi connectivity index (χ2n) is 6.44. The number of nitrogens with zero attached hydrogens (tertiary/aromatic N) is 1. The lowest BCUT2D eigenvalue weighted by molar-refractivity contribution is -0.311. The van der Waals surface area contributed by atoms with Crippen molar-refractivity contribution in [1.29, 1.82) is 0 Å². The Kier molecular flexibility index (Phi) is 4.66. The molecule has 6 heteroatoms. The minimum absolute atomic E-state index is 0.0626. The van der Waals surface area contributed by atoms with Gasteiger partial charge in [0, 0.05) is 35.9 Å². The first-order chi connectivity index (χ1) is 10.2. The molecular formula is C16H19ClNO4-.